The molecule has 0 spiro atoms. The Morgan fingerprint density at radius 1 is 1.31 bits per heavy atom. The Bertz CT molecular complexity index is 449. The molecule has 16 heavy (non-hydrogen) atoms. The Hall–Kier alpha value is -1.82. The van der Waals surface area contributed by atoms with Crippen LogP contribution in [0.25, 0.3) is 0 Å². The Balaban J connectivity index is 2.33. The molecule has 0 N–H and O–H groups in total. The van der Waals surface area contributed by atoms with Crippen molar-refractivity contribution in [2.75, 3.05) is 18.0 Å². The van der Waals surface area contributed by atoms with E-state index in [0.29, 0.717) is 24.2 Å². The molecule has 0 aliphatic carbocycles. The molecule has 3 nitrogen and oxygen atoms in total. The van der Waals surface area contributed by atoms with Gasteiger partial charge in [0.1, 0.15) is 11.9 Å². The lowest BCUT2D eigenvalue weighted by Crippen LogP contribution is -2.34. The van der Waals surface area contributed by atoms with Crippen LogP contribution in [0.1, 0.15) is 24.0 Å². The van der Waals surface area contributed by atoms with E-state index in [9.17, 15) is 4.79 Å². The van der Waals surface area contributed by atoms with Gasteiger partial charge in [-0.15, -0.1) is 0 Å². The van der Waals surface area contributed by atoms with Crippen LogP contribution in [0.5, 0.6) is 0 Å². The monoisotopic (exact) mass is 214 g/mol. The van der Waals surface area contributed by atoms with Gasteiger partial charge in [0, 0.05) is 25.9 Å². The molecule has 0 saturated carbocycles. The van der Waals surface area contributed by atoms with Gasteiger partial charge >= 0.3 is 0 Å². The number of hydrogen-bond donors (Lipinski definition) is 0. The minimum absolute atomic E-state index is 0.323. The van der Waals surface area contributed by atoms with Gasteiger partial charge in [-0.05, 0) is 18.6 Å². The lowest BCUT2D eigenvalue weighted by molar-refractivity contribution is -0.119. The molecular weight excluding hydrogens is 200 g/mol. The SMILES string of the molecule is Cc1cccc(C#N)c1N1CCC(=O)CC1. The third kappa shape index (κ3) is 1.92. The van der Waals surface area contributed by atoms with Gasteiger partial charge in [0.05, 0.1) is 11.3 Å². The number of carbonyl (C=O) groups excluding carboxylic acids is 1. The summed E-state index contributed by atoms with van der Waals surface area (Å²) in [6.07, 6.45) is 1.19. The van der Waals surface area contributed by atoms with Gasteiger partial charge in [-0.1, -0.05) is 12.1 Å². The topological polar surface area (TPSA) is 44.1 Å². The van der Waals surface area contributed by atoms with Crippen LogP contribution in [-0.4, -0.2) is 18.9 Å². The number of rotatable bonds is 1. The van der Waals surface area contributed by atoms with E-state index in [2.05, 4.69) is 11.0 Å². The maximum atomic E-state index is 11.2. The van der Waals surface area contributed by atoms with Crippen molar-refractivity contribution >= 4 is 11.5 Å². The van der Waals surface area contributed by atoms with E-state index >= 15 is 0 Å². The van der Waals surface area contributed by atoms with Gasteiger partial charge in [-0.25, -0.2) is 0 Å². The Labute approximate surface area is 95.3 Å². The lowest BCUT2D eigenvalue weighted by atomic mass is 10.0. The van der Waals surface area contributed by atoms with Crippen molar-refractivity contribution in [2.24, 2.45) is 0 Å². The van der Waals surface area contributed by atoms with Crippen molar-refractivity contribution in [2.45, 2.75) is 19.8 Å². The highest BCUT2D eigenvalue weighted by Crippen LogP contribution is 2.26. The summed E-state index contributed by atoms with van der Waals surface area (Å²) in [6.45, 7) is 3.48. The molecule has 1 aliphatic rings. The average molecular weight is 214 g/mol. The number of para-hydroxylation sites is 1. The number of anilines is 1. The number of Topliss-reactive ketones (excluding diaryl/α,β-unsaturated/α-hetero) is 1. The fraction of sp³-hybridized carbons (Fsp3) is 0.385. The predicted octanol–water partition coefficient (Wildman–Crippen LogP) is 2.04. The van der Waals surface area contributed by atoms with Crippen molar-refractivity contribution in [3.8, 4) is 6.07 Å². The quantitative estimate of drug-likeness (QED) is 0.718. The third-order valence-corrected chi connectivity index (χ3v) is 3.00. The molecule has 0 unspecified atom stereocenters. The molecule has 1 aromatic rings. The summed E-state index contributed by atoms with van der Waals surface area (Å²) in [5.41, 5.74) is 2.81. The molecular formula is C13H14N2O. The second-order valence-corrected chi connectivity index (χ2v) is 4.11. The number of hydrogen-bond acceptors (Lipinski definition) is 3. The fourth-order valence-electron chi connectivity index (χ4n) is 2.15. The van der Waals surface area contributed by atoms with Crippen LogP contribution in [0, 0.1) is 18.3 Å². The van der Waals surface area contributed by atoms with E-state index in [-0.39, 0.29) is 0 Å². The molecule has 1 saturated heterocycles. The van der Waals surface area contributed by atoms with Crippen LogP contribution in [0.15, 0.2) is 18.2 Å². The van der Waals surface area contributed by atoms with Crippen LogP contribution in [-0.2, 0) is 4.79 Å². The molecule has 0 amide bonds. The van der Waals surface area contributed by atoms with Gasteiger partial charge < -0.3 is 4.90 Å². The molecule has 1 aromatic carbocycles. The molecule has 0 bridgehead atoms. The molecule has 0 atom stereocenters. The van der Waals surface area contributed by atoms with Crippen LogP contribution >= 0.6 is 0 Å². The van der Waals surface area contributed by atoms with Crippen molar-refractivity contribution in [1.29, 1.82) is 5.26 Å². The molecule has 0 aromatic heterocycles. The van der Waals surface area contributed by atoms with Crippen LogP contribution in [0.3, 0.4) is 0 Å². The normalized spacial score (nSPS) is 16.0. The maximum absolute atomic E-state index is 11.2. The highest BCUT2D eigenvalue weighted by Gasteiger charge is 2.19. The molecule has 1 aliphatic heterocycles. The zero-order chi connectivity index (χ0) is 11.5. The summed E-state index contributed by atoms with van der Waals surface area (Å²) in [5.74, 6) is 0.323. The second kappa shape index (κ2) is 4.36. The van der Waals surface area contributed by atoms with E-state index in [1.807, 2.05) is 25.1 Å². The first-order valence-corrected chi connectivity index (χ1v) is 5.48. The van der Waals surface area contributed by atoms with E-state index in [0.717, 1.165) is 24.3 Å². The number of aryl methyl sites for hydroxylation is 1. The van der Waals surface area contributed by atoms with Gasteiger partial charge in [0.15, 0.2) is 0 Å². The molecule has 82 valence electrons. The highest BCUT2D eigenvalue weighted by molar-refractivity contribution is 5.81. The first-order valence-electron chi connectivity index (χ1n) is 5.48. The highest BCUT2D eigenvalue weighted by atomic mass is 16.1. The molecule has 1 fully saturated rings. The molecule has 3 heteroatoms. The number of nitrogens with zero attached hydrogens (tertiary/aromatic N) is 2. The van der Waals surface area contributed by atoms with Crippen LogP contribution in [0.4, 0.5) is 5.69 Å². The van der Waals surface area contributed by atoms with Gasteiger partial charge in [-0.2, -0.15) is 5.26 Å². The minimum Gasteiger partial charge on any atom is -0.369 e. The van der Waals surface area contributed by atoms with E-state index in [1.165, 1.54) is 0 Å². The fourth-order valence-corrected chi connectivity index (χ4v) is 2.15. The first kappa shape index (κ1) is 10.7. The van der Waals surface area contributed by atoms with Gasteiger partial charge in [0.25, 0.3) is 0 Å². The summed E-state index contributed by atoms with van der Waals surface area (Å²) in [5, 5.41) is 9.08. The first-order chi connectivity index (χ1) is 7.72. The van der Waals surface area contributed by atoms with Crippen molar-refractivity contribution < 1.29 is 4.79 Å². The summed E-state index contributed by atoms with van der Waals surface area (Å²) < 4.78 is 0. The number of piperidine rings is 1. The van der Waals surface area contributed by atoms with E-state index in [4.69, 9.17) is 5.26 Å². The van der Waals surface area contributed by atoms with E-state index < -0.39 is 0 Å². The Morgan fingerprint density at radius 2 is 2.00 bits per heavy atom. The average Bonchev–Trinajstić information content (AvgIpc) is 2.30. The molecule has 0 radical (unpaired) electrons. The van der Waals surface area contributed by atoms with Crippen molar-refractivity contribution in [3.05, 3.63) is 29.3 Å². The summed E-state index contributed by atoms with van der Waals surface area (Å²) in [6, 6.07) is 7.95. The van der Waals surface area contributed by atoms with Gasteiger partial charge in [-0.3, -0.25) is 4.79 Å². The Morgan fingerprint density at radius 3 is 2.62 bits per heavy atom. The van der Waals surface area contributed by atoms with Gasteiger partial charge in [0.2, 0.25) is 0 Å². The smallest absolute Gasteiger partial charge is 0.136 e. The summed E-state index contributed by atoms with van der Waals surface area (Å²) in [4.78, 5) is 13.3. The molecule has 1 heterocycles. The van der Waals surface area contributed by atoms with Crippen molar-refractivity contribution in [1.82, 2.24) is 0 Å². The number of nitriles is 1. The van der Waals surface area contributed by atoms with Crippen molar-refractivity contribution in [3.63, 3.8) is 0 Å². The zero-order valence-corrected chi connectivity index (χ0v) is 9.36. The number of ketones is 1. The summed E-state index contributed by atoms with van der Waals surface area (Å²) in [7, 11) is 0. The van der Waals surface area contributed by atoms with Crippen LogP contribution < -0.4 is 4.90 Å². The van der Waals surface area contributed by atoms with E-state index in [1.54, 1.807) is 0 Å². The number of carbonyl (C=O) groups is 1. The lowest BCUT2D eigenvalue weighted by Gasteiger charge is -2.30. The Kier molecular flexibility index (Phi) is 2.91. The largest absolute Gasteiger partial charge is 0.369 e. The summed E-state index contributed by atoms with van der Waals surface area (Å²) >= 11 is 0. The second-order valence-electron chi connectivity index (χ2n) is 4.11. The zero-order valence-electron chi connectivity index (χ0n) is 9.36. The standard InChI is InChI=1S/C13H14N2O/c1-10-3-2-4-11(9-14)13(10)15-7-5-12(16)6-8-15/h2-4H,5-8H2,1H3. The maximum Gasteiger partial charge on any atom is 0.136 e. The third-order valence-electron chi connectivity index (χ3n) is 3.00. The minimum atomic E-state index is 0.323. The number of benzene rings is 1. The molecule has 2 rings (SSSR count). The predicted molar refractivity (Wildman–Crippen MR) is 62.3 cm³/mol. The van der Waals surface area contributed by atoms with Crippen LogP contribution in [0.2, 0.25) is 0 Å².